The minimum Gasteiger partial charge on any atom is -0.463 e. The fraction of sp³-hybridized carbons (Fsp3) is 0.591. The number of allylic oxidation sites excluding steroid dienone is 3. The van der Waals surface area contributed by atoms with Gasteiger partial charge in [-0.05, 0) is 59.3 Å². The van der Waals surface area contributed by atoms with E-state index in [4.69, 9.17) is 14.2 Å². The van der Waals surface area contributed by atoms with Gasteiger partial charge < -0.3 is 19.3 Å². The maximum Gasteiger partial charge on any atom is 0.330 e. The Kier molecular flexibility index (Phi) is 19.9. The zero-order chi connectivity index (χ0) is 22.0. The van der Waals surface area contributed by atoms with Crippen LogP contribution in [-0.2, 0) is 54.8 Å². The number of ether oxygens (including phenoxy) is 3. The van der Waals surface area contributed by atoms with E-state index < -0.39 is 23.5 Å². The Morgan fingerprint density at radius 2 is 0.933 bits per heavy atom. The fourth-order valence-electron chi connectivity index (χ4n) is 2.65. The molecule has 0 rings (SSSR count). The Hall–Kier alpha value is -1.53. The molecule has 0 aromatic heterocycles. The maximum atomic E-state index is 11.3. The maximum absolute atomic E-state index is 11.3. The van der Waals surface area contributed by atoms with Crippen LogP contribution in [0.2, 0.25) is 0 Å². The molecule has 168 valence electrons. The first-order chi connectivity index (χ1) is 13.9. The monoisotopic (exact) mass is 500 g/mol. The van der Waals surface area contributed by atoms with Crippen LogP contribution in [0, 0.1) is 0 Å². The number of hydrogen-bond acceptors (Lipinski definition) is 7. The van der Waals surface area contributed by atoms with Crippen molar-refractivity contribution in [1.29, 1.82) is 0 Å². The third-order valence-corrected chi connectivity index (χ3v) is 4.00. The SMILES string of the molecule is CC=CC(=O)OCCCC(O)(CCCOC(=O)C=CC)CCCOC(=O)C=CC.[Zr]. The standard InChI is InChI=1S/C22H34O7.Zr/c1-4-10-19(23)27-16-7-13-22(26,14-8-17-28-20(24)11-5-2)15-9-18-29-21(25)12-6-3;/h4-6,10-12,26H,7-9,13-18H2,1-3H3;. The minimum absolute atomic E-state index is 0. The summed E-state index contributed by atoms with van der Waals surface area (Å²) in [6.07, 6.45) is 11.6. The van der Waals surface area contributed by atoms with Crippen LogP contribution in [0.5, 0.6) is 0 Å². The molecule has 0 aliphatic rings. The molecule has 0 aliphatic carbocycles. The Balaban J connectivity index is 0. The second-order valence-electron chi connectivity index (χ2n) is 6.54. The smallest absolute Gasteiger partial charge is 0.330 e. The normalized spacial score (nSPS) is 13.2. The number of hydrogen-bond donors (Lipinski definition) is 1. The van der Waals surface area contributed by atoms with Gasteiger partial charge in [-0.3, -0.25) is 0 Å². The molecule has 0 amide bonds. The first-order valence-corrected chi connectivity index (χ1v) is 9.97. The van der Waals surface area contributed by atoms with Crippen LogP contribution < -0.4 is 0 Å². The van der Waals surface area contributed by atoms with E-state index in [1.165, 1.54) is 18.2 Å². The van der Waals surface area contributed by atoms with Crippen molar-refractivity contribution in [3.05, 3.63) is 36.5 Å². The van der Waals surface area contributed by atoms with Crippen molar-refractivity contribution in [2.45, 2.75) is 64.9 Å². The summed E-state index contributed by atoms with van der Waals surface area (Å²) >= 11 is 0. The Labute approximate surface area is 198 Å². The summed E-state index contributed by atoms with van der Waals surface area (Å²) in [6, 6.07) is 0. The number of aliphatic hydroxyl groups is 1. The van der Waals surface area contributed by atoms with Crippen LogP contribution in [0.15, 0.2) is 36.5 Å². The summed E-state index contributed by atoms with van der Waals surface area (Å²) in [4.78, 5) is 34.0. The first-order valence-electron chi connectivity index (χ1n) is 9.97. The summed E-state index contributed by atoms with van der Waals surface area (Å²) in [6.45, 7) is 5.80. The molecule has 0 fully saturated rings. The van der Waals surface area contributed by atoms with Gasteiger partial charge in [0.05, 0.1) is 25.4 Å². The molecule has 0 aliphatic heterocycles. The molecule has 0 bridgehead atoms. The van der Waals surface area contributed by atoms with Crippen LogP contribution in [0.4, 0.5) is 0 Å². The average Bonchev–Trinajstić information content (AvgIpc) is 2.67. The number of carbonyl (C=O) groups is 3. The van der Waals surface area contributed by atoms with Crippen molar-refractivity contribution >= 4 is 17.9 Å². The van der Waals surface area contributed by atoms with Crippen molar-refractivity contribution < 1.29 is 59.9 Å². The Morgan fingerprint density at radius 3 is 1.17 bits per heavy atom. The quantitative estimate of drug-likeness (QED) is 0.159. The van der Waals surface area contributed by atoms with Crippen molar-refractivity contribution in [3.63, 3.8) is 0 Å². The van der Waals surface area contributed by atoms with E-state index in [-0.39, 0.29) is 46.0 Å². The predicted octanol–water partition coefficient (Wildman–Crippen LogP) is 3.41. The van der Waals surface area contributed by atoms with Gasteiger partial charge in [0.2, 0.25) is 0 Å². The average molecular weight is 502 g/mol. The third kappa shape index (κ3) is 17.3. The second kappa shape index (κ2) is 19.4. The molecule has 1 N–H and O–H groups in total. The van der Waals surface area contributed by atoms with Crippen LogP contribution in [-0.4, -0.2) is 48.4 Å². The third-order valence-electron chi connectivity index (χ3n) is 4.00. The van der Waals surface area contributed by atoms with Crippen molar-refractivity contribution in [3.8, 4) is 0 Å². The molecule has 0 saturated heterocycles. The largest absolute Gasteiger partial charge is 0.463 e. The zero-order valence-corrected chi connectivity index (χ0v) is 20.7. The van der Waals surface area contributed by atoms with Gasteiger partial charge in [-0.25, -0.2) is 14.4 Å². The van der Waals surface area contributed by atoms with E-state index in [2.05, 4.69) is 0 Å². The van der Waals surface area contributed by atoms with E-state index in [1.807, 2.05) is 0 Å². The molecule has 0 saturated carbocycles. The molecule has 0 aromatic rings. The molecule has 0 spiro atoms. The van der Waals surface area contributed by atoms with Crippen LogP contribution in [0.25, 0.3) is 0 Å². The van der Waals surface area contributed by atoms with Crippen molar-refractivity contribution in [2.75, 3.05) is 19.8 Å². The molecule has 0 aromatic carbocycles. The first kappa shape index (κ1) is 30.7. The molecule has 0 atom stereocenters. The van der Waals surface area contributed by atoms with Gasteiger partial charge in [-0.2, -0.15) is 0 Å². The van der Waals surface area contributed by atoms with Gasteiger partial charge in [0.1, 0.15) is 0 Å². The van der Waals surface area contributed by atoms with Crippen LogP contribution in [0.1, 0.15) is 59.3 Å². The second-order valence-corrected chi connectivity index (χ2v) is 6.54. The van der Waals surface area contributed by atoms with Gasteiger partial charge in [0.25, 0.3) is 0 Å². The van der Waals surface area contributed by atoms with Crippen molar-refractivity contribution in [2.24, 2.45) is 0 Å². The molecule has 0 radical (unpaired) electrons. The van der Waals surface area contributed by atoms with Gasteiger partial charge >= 0.3 is 17.9 Å². The summed E-state index contributed by atoms with van der Waals surface area (Å²) in [5.74, 6) is -1.24. The Bertz CT molecular complexity index is 503. The molecular weight excluding hydrogens is 467 g/mol. The predicted molar refractivity (Wildman–Crippen MR) is 110 cm³/mol. The summed E-state index contributed by atoms with van der Waals surface area (Å²) in [5.41, 5.74) is -1.02. The topological polar surface area (TPSA) is 99.1 Å². The van der Waals surface area contributed by atoms with Crippen LogP contribution >= 0.6 is 0 Å². The van der Waals surface area contributed by atoms with E-state index in [9.17, 15) is 19.5 Å². The molecule has 0 unspecified atom stereocenters. The molecule has 30 heavy (non-hydrogen) atoms. The minimum atomic E-state index is -1.02. The van der Waals surface area contributed by atoms with Gasteiger partial charge in [0, 0.05) is 44.4 Å². The number of rotatable bonds is 15. The summed E-state index contributed by atoms with van der Waals surface area (Å²) < 4.78 is 15.2. The molecule has 0 heterocycles. The van der Waals surface area contributed by atoms with E-state index in [1.54, 1.807) is 39.0 Å². The molecule has 7 nitrogen and oxygen atoms in total. The van der Waals surface area contributed by atoms with Crippen LogP contribution in [0.3, 0.4) is 0 Å². The summed E-state index contributed by atoms with van der Waals surface area (Å²) in [7, 11) is 0. The molecular formula is C22H34O7Zr. The van der Waals surface area contributed by atoms with Gasteiger partial charge in [-0.15, -0.1) is 0 Å². The number of esters is 3. The van der Waals surface area contributed by atoms with E-state index >= 15 is 0 Å². The van der Waals surface area contributed by atoms with E-state index in [0.717, 1.165) is 0 Å². The van der Waals surface area contributed by atoms with Gasteiger partial charge in [0.15, 0.2) is 0 Å². The zero-order valence-electron chi connectivity index (χ0n) is 18.2. The number of carbonyl (C=O) groups excluding carboxylic acids is 3. The fourth-order valence-corrected chi connectivity index (χ4v) is 2.65. The van der Waals surface area contributed by atoms with E-state index in [0.29, 0.717) is 38.5 Å². The Morgan fingerprint density at radius 1 is 0.667 bits per heavy atom. The van der Waals surface area contributed by atoms with Gasteiger partial charge in [-0.1, -0.05) is 18.2 Å². The van der Waals surface area contributed by atoms with Crippen molar-refractivity contribution in [1.82, 2.24) is 0 Å². The molecule has 8 heteroatoms. The summed E-state index contributed by atoms with van der Waals surface area (Å²) in [5, 5.41) is 11.0.